The molecular formula is C21H26N2O5. The number of amides is 1. The number of piperidine rings is 1. The van der Waals surface area contributed by atoms with Crippen LogP contribution in [0, 0.1) is 17.8 Å². The lowest BCUT2D eigenvalue weighted by atomic mass is 9.64. The Morgan fingerprint density at radius 1 is 1.36 bits per heavy atom. The monoisotopic (exact) mass is 386 g/mol. The average molecular weight is 386 g/mol. The molecule has 3 fully saturated rings. The molecule has 4 aliphatic rings. The Balaban J connectivity index is 1.54. The first kappa shape index (κ1) is 18.1. The van der Waals surface area contributed by atoms with Crippen molar-refractivity contribution in [2.24, 2.45) is 17.8 Å². The molecule has 1 aromatic carbocycles. The Hall–Kier alpha value is -1.96. The lowest BCUT2D eigenvalue weighted by Crippen LogP contribution is -2.61. The van der Waals surface area contributed by atoms with Gasteiger partial charge in [0, 0.05) is 24.2 Å². The number of aliphatic hydroxyl groups is 1. The molecule has 0 radical (unpaired) electrons. The summed E-state index contributed by atoms with van der Waals surface area (Å²) in [4.78, 5) is 28.0. The third-order valence-electron chi connectivity index (χ3n) is 7.55. The van der Waals surface area contributed by atoms with Gasteiger partial charge in [0.2, 0.25) is 5.91 Å². The summed E-state index contributed by atoms with van der Waals surface area (Å²) in [6, 6.07) is 7.91. The minimum atomic E-state index is -1.17. The molecule has 7 nitrogen and oxygen atoms in total. The predicted octanol–water partition coefficient (Wildman–Crippen LogP) is 1.11. The fraction of sp³-hybridized carbons (Fsp3) is 0.619. The third-order valence-corrected chi connectivity index (χ3v) is 7.55. The van der Waals surface area contributed by atoms with Gasteiger partial charge < -0.3 is 19.9 Å². The van der Waals surface area contributed by atoms with Crippen molar-refractivity contribution in [3.8, 4) is 0 Å². The van der Waals surface area contributed by atoms with Crippen molar-refractivity contribution in [2.75, 3.05) is 25.5 Å². The van der Waals surface area contributed by atoms with Crippen LogP contribution in [-0.4, -0.2) is 60.5 Å². The van der Waals surface area contributed by atoms with Gasteiger partial charge in [-0.1, -0.05) is 18.2 Å². The first-order valence-electron chi connectivity index (χ1n) is 10.0. The van der Waals surface area contributed by atoms with Crippen molar-refractivity contribution in [2.45, 2.75) is 43.6 Å². The smallest absolute Gasteiger partial charge is 0.314 e. The zero-order chi connectivity index (χ0) is 19.6. The molecule has 150 valence electrons. The van der Waals surface area contributed by atoms with E-state index in [1.54, 1.807) is 0 Å². The van der Waals surface area contributed by atoms with Crippen LogP contribution in [-0.2, 0) is 24.5 Å². The van der Waals surface area contributed by atoms with Crippen molar-refractivity contribution in [1.82, 2.24) is 4.90 Å². The van der Waals surface area contributed by atoms with Gasteiger partial charge in [0.25, 0.3) is 0 Å². The van der Waals surface area contributed by atoms with Crippen LogP contribution in [0.3, 0.4) is 0 Å². The van der Waals surface area contributed by atoms with Crippen LogP contribution >= 0.6 is 0 Å². The van der Waals surface area contributed by atoms with Crippen molar-refractivity contribution in [1.29, 1.82) is 0 Å². The standard InChI is InChI=1S/C21H26N2O5/c1-11-13-10-23-8-7-21(14-5-3-4-6-15(14)22-20(21)26)16(23)9-12(13)17(18(24)27-2)19(25)28-11/h3-6,11-13,16-17,19,25H,7-10H2,1-2H3,(H,22,26). The fourth-order valence-corrected chi connectivity index (χ4v) is 6.23. The van der Waals surface area contributed by atoms with E-state index in [1.165, 1.54) is 7.11 Å². The van der Waals surface area contributed by atoms with E-state index in [1.807, 2.05) is 31.2 Å². The van der Waals surface area contributed by atoms with Gasteiger partial charge in [-0.15, -0.1) is 0 Å². The summed E-state index contributed by atoms with van der Waals surface area (Å²) in [5.41, 5.74) is 1.36. The largest absolute Gasteiger partial charge is 0.469 e. The quantitative estimate of drug-likeness (QED) is 0.703. The molecule has 0 saturated carbocycles. The van der Waals surface area contributed by atoms with E-state index >= 15 is 0 Å². The number of carbonyl (C=O) groups is 2. The highest BCUT2D eigenvalue weighted by atomic mass is 16.6. The number of benzene rings is 1. The Bertz CT molecular complexity index is 829. The first-order chi connectivity index (χ1) is 13.5. The molecule has 1 aromatic rings. The van der Waals surface area contributed by atoms with Crippen molar-refractivity contribution < 1.29 is 24.2 Å². The molecule has 28 heavy (non-hydrogen) atoms. The van der Waals surface area contributed by atoms with Crippen LogP contribution in [0.5, 0.6) is 0 Å². The van der Waals surface area contributed by atoms with E-state index in [0.29, 0.717) is 6.42 Å². The highest BCUT2D eigenvalue weighted by molar-refractivity contribution is 6.07. The molecule has 7 atom stereocenters. The molecule has 5 rings (SSSR count). The Morgan fingerprint density at radius 3 is 2.93 bits per heavy atom. The van der Waals surface area contributed by atoms with E-state index in [4.69, 9.17) is 9.47 Å². The number of esters is 1. The van der Waals surface area contributed by atoms with E-state index in [0.717, 1.165) is 30.8 Å². The second-order valence-electron chi connectivity index (χ2n) is 8.58. The normalized spacial score (nSPS) is 41.9. The van der Waals surface area contributed by atoms with Gasteiger partial charge in [-0.05, 0) is 43.9 Å². The molecule has 3 saturated heterocycles. The van der Waals surface area contributed by atoms with Crippen LogP contribution in [0.4, 0.5) is 5.69 Å². The van der Waals surface area contributed by atoms with E-state index in [-0.39, 0.29) is 29.9 Å². The number of para-hydroxylation sites is 1. The summed E-state index contributed by atoms with van der Waals surface area (Å²) in [5.74, 6) is -1.06. The zero-order valence-corrected chi connectivity index (χ0v) is 16.1. The van der Waals surface area contributed by atoms with Crippen LogP contribution in [0.2, 0.25) is 0 Å². The number of fused-ring (bicyclic) bond motifs is 5. The second-order valence-corrected chi connectivity index (χ2v) is 8.58. The van der Waals surface area contributed by atoms with Gasteiger partial charge in [-0.2, -0.15) is 0 Å². The van der Waals surface area contributed by atoms with Crippen molar-refractivity contribution >= 4 is 17.6 Å². The molecule has 0 bridgehead atoms. The summed E-state index contributed by atoms with van der Waals surface area (Å²) in [7, 11) is 1.34. The summed E-state index contributed by atoms with van der Waals surface area (Å²) in [6.07, 6.45) is 0.109. The zero-order valence-electron chi connectivity index (χ0n) is 16.1. The van der Waals surface area contributed by atoms with Gasteiger partial charge >= 0.3 is 5.97 Å². The lowest BCUT2D eigenvalue weighted by Gasteiger charge is -2.51. The third kappa shape index (κ3) is 2.27. The van der Waals surface area contributed by atoms with Crippen LogP contribution < -0.4 is 5.32 Å². The minimum absolute atomic E-state index is 0.00190. The number of rotatable bonds is 1. The first-order valence-corrected chi connectivity index (χ1v) is 10.0. The van der Waals surface area contributed by atoms with Gasteiger partial charge in [0.1, 0.15) is 5.92 Å². The molecule has 0 aromatic heterocycles. The maximum atomic E-state index is 13.2. The number of nitrogens with one attached hydrogen (secondary N) is 1. The van der Waals surface area contributed by atoms with Crippen LogP contribution in [0.15, 0.2) is 24.3 Å². The highest BCUT2D eigenvalue weighted by Crippen LogP contribution is 2.54. The molecule has 0 aliphatic carbocycles. The van der Waals surface area contributed by atoms with Crippen LogP contribution in [0.25, 0.3) is 0 Å². The molecule has 1 amide bonds. The van der Waals surface area contributed by atoms with E-state index in [9.17, 15) is 14.7 Å². The molecule has 7 heteroatoms. The summed E-state index contributed by atoms with van der Waals surface area (Å²) in [6.45, 7) is 3.56. The van der Waals surface area contributed by atoms with Gasteiger partial charge in [0.05, 0.1) is 18.6 Å². The molecule has 1 spiro atoms. The average Bonchev–Trinajstić information content (AvgIpc) is 3.20. The van der Waals surface area contributed by atoms with Crippen molar-refractivity contribution in [3.05, 3.63) is 29.8 Å². The molecule has 4 heterocycles. The number of hydrogen-bond acceptors (Lipinski definition) is 6. The lowest BCUT2D eigenvalue weighted by molar-refractivity contribution is -0.244. The molecule has 2 N–H and O–H groups in total. The number of anilines is 1. The number of carbonyl (C=O) groups excluding carboxylic acids is 2. The van der Waals surface area contributed by atoms with E-state index in [2.05, 4.69) is 10.2 Å². The SMILES string of the molecule is COC(=O)C1C(O)OC(C)C2CN3CCC4(C(=O)Nc5ccccc54)C3CC21. The summed E-state index contributed by atoms with van der Waals surface area (Å²) >= 11 is 0. The van der Waals surface area contributed by atoms with Gasteiger partial charge in [0.15, 0.2) is 6.29 Å². The van der Waals surface area contributed by atoms with E-state index < -0.39 is 23.6 Å². The maximum absolute atomic E-state index is 13.2. The van der Waals surface area contributed by atoms with Gasteiger partial charge in [-0.25, -0.2) is 0 Å². The molecule has 7 unspecified atom stereocenters. The highest BCUT2D eigenvalue weighted by Gasteiger charge is 2.62. The number of aliphatic hydroxyl groups excluding tert-OH is 1. The van der Waals surface area contributed by atoms with Crippen LogP contribution in [0.1, 0.15) is 25.3 Å². The summed E-state index contributed by atoms with van der Waals surface area (Å²) < 4.78 is 10.7. The fourth-order valence-electron chi connectivity index (χ4n) is 6.23. The van der Waals surface area contributed by atoms with Gasteiger partial charge in [-0.3, -0.25) is 14.5 Å². The Labute approximate surface area is 164 Å². The Morgan fingerprint density at radius 2 is 2.14 bits per heavy atom. The number of nitrogens with zero attached hydrogens (tertiary/aromatic N) is 1. The topological polar surface area (TPSA) is 88.1 Å². The molecule has 4 aliphatic heterocycles. The number of hydrogen-bond donors (Lipinski definition) is 2. The van der Waals surface area contributed by atoms with Crippen molar-refractivity contribution in [3.63, 3.8) is 0 Å². The minimum Gasteiger partial charge on any atom is -0.469 e. The Kier molecular flexibility index (Phi) is 4.05. The molecular weight excluding hydrogens is 360 g/mol. The summed E-state index contributed by atoms with van der Waals surface area (Å²) in [5, 5.41) is 13.5. The number of methoxy groups -OCH3 is 1. The second kappa shape index (κ2) is 6.27. The number of ether oxygens (including phenoxy) is 2. The predicted molar refractivity (Wildman–Crippen MR) is 100 cm³/mol. The maximum Gasteiger partial charge on any atom is 0.314 e.